The summed E-state index contributed by atoms with van der Waals surface area (Å²) in [7, 11) is 0. The van der Waals surface area contributed by atoms with E-state index in [4.69, 9.17) is 10.2 Å². The summed E-state index contributed by atoms with van der Waals surface area (Å²) in [6.07, 6.45) is 0.367. The first-order valence-corrected chi connectivity index (χ1v) is 6.60. The van der Waals surface area contributed by atoms with Gasteiger partial charge in [0.1, 0.15) is 0 Å². The van der Waals surface area contributed by atoms with E-state index in [-0.39, 0.29) is 22.5 Å². The van der Waals surface area contributed by atoms with Crippen LogP contribution in [0, 0.1) is 10.1 Å². The summed E-state index contributed by atoms with van der Waals surface area (Å²) in [4.78, 5) is 22.8. The van der Waals surface area contributed by atoms with E-state index in [1.165, 1.54) is 6.07 Å². The number of hydrogen-bond acceptors (Lipinski definition) is 5. The summed E-state index contributed by atoms with van der Waals surface area (Å²) in [6.45, 7) is 0. The lowest BCUT2D eigenvalue weighted by Crippen LogP contribution is -2.05. The molecule has 110 valence electrons. The summed E-state index contributed by atoms with van der Waals surface area (Å²) in [5, 5.41) is 11.6. The van der Waals surface area contributed by atoms with Gasteiger partial charge < -0.3 is 10.2 Å². The molecule has 0 fully saturated rings. The standard InChI is InChI=1S/C16H12N2O4/c17-14-9-13(19)12-7-6-11(8-10-4-2-1-3-5-10)15(18(20)21)16(12)22-14/h1-7,9H,8,17H2. The van der Waals surface area contributed by atoms with E-state index < -0.39 is 10.4 Å². The molecule has 0 atom stereocenters. The number of rotatable bonds is 3. The second-order valence-electron chi connectivity index (χ2n) is 4.88. The van der Waals surface area contributed by atoms with Gasteiger partial charge >= 0.3 is 5.69 Å². The summed E-state index contributed by atoms with van der Waals surface area (Å²) >= 11 is 0. The molecule has 0 saturated heterocycles. The van der Waals surface area contributed by atoms with Crippen LogP contribution in [0.4, 0.5) is 11.6 Å². The summed E-state index contributed by atoms with van der Waals surface area (Å²) in [5.74, 6) is -0.141. The van der Waals surface area contributed by atoms with Crippen LogP contribution in [-0.2, 0) is 6.42 Å². The lowest BCUT2D eigenvalue weighted by Gasteiger charge is -2.06. The molecule has 0 unspecified atom stereocenters. The maximum atomic E-state index is 11.9. The van der Waals surface area contributed by atoms with Crippen molar-refractivity contribution in [1.82, 2.24) is 0 Å². The van der Waals surface area contributed by atoms with E-state index in [0.29, 0.717) is 12.0 Å². The van der Waals surface area contributed by atoms with Crippen LogP contribution in [0.1, 0.15) is 11.1 Å². The third-order valence-corrected chi connectivity index (χ3v) is 3.39. The van der Waals surface area contributed by atoms with Crippen molar-refractivity contribution in [2.24, 2.45) is 0 Å². The van der Waals surface area contributed by atoms with Crippen molar-refractivity contribution in [2.75, 3.05) is 5.73 Å². The Bertz CT molecular complexity index is 917. The van der Waals surface area contributed by atoms with Gasteiger partial charge in [-0.25, -0.2) is 0 Å². The highest BCUT2D eigenvalue weighted by atomic mass is 16.6. The smallest absolute Gasteiger partial charge is 0.315 e. The average Bonchev–Trinajstić information content (AvgIpc) is 2.47. The highest BCUT2D eigenvalue weighted by molar-refractivity contribution is 5.87. The number of nitrogen functional groups attached to an aromatic ring is 1. The van der Waals surface area contributed by atoms with Gasteiger partial charge in [0, 0.05) is 18.1 Å². The van der Waals surface area contributed by atoms with Crippen LogP contribution in [0.5, 0.6) is 0 Å². The fourth-order valence-corrected chi connectivity index (χ4v) is 2.42. The number of anilines is 1. The topological polar surface area (TPSA) is 99.4 Å². The molecule has 2 aromatic carbocycles. The summed E-state index contributed by atoms with van der Waals surface area (Å²) in [6, 6.07) is 13.6. The van der Waals surface area contributed by atoms with Crippen LogP contribution in [-0.4, -0.2) is 4.92 Å². The maximum absolute atomic E-state index is 11.9. The van der Waals surface area contributed by atoms with Crippen molar-refractivity contribution in [2.45, 2.75) is 6.42 Å². The Morgan fingerprint density at radius 3 is 2.55 bits per heavy atom. The Kier molecular flexibility index (Phi) is 3.34. The van der Waals surface area contributed by atoms with E-state index in [1.54, 1.807) is 6.07 Å². The molecule has 22 heavy (non-hydrogen) atoms. The van der Waals surface area contributed by atoms with Gasteiger partial charge in [0.25, 0.3) is 0 Å². The zero-order valence-electron chi connectivity index (χ0n) is 11.5. The Hall–Kier alpha value is -3.15. The minimum Gasteiger partial charge on any atom is -0.433 e. The van der Waals surface area contributed by atoms with Crippen molar-refractivity contribution in [3.05, 3.63) is 80.0 Å². The quantitative estimate of drug-likeness (QED) is 0.591. The van der Waals surface area contributed by atoms with Gasteiger partial charge in [-0.2, -0.15) is 0 Å². The van der Waals surface area contributed by atoms with Gasteiger partial charge in [-0.05, 0) is 11.6 Å². The molecular formula is C16H12N2O4. The van der Waals surface area contributed by atoms with E-state index in [2.05, 4.69) is 0 Å². The molecule has 0 amide bonds. The predicted octanol–water partition coefficient (Wildman–Crippen LogP) is 2.87. The third kappa shape index (κ3) is 2.42. The average molecular weight is 296 g/mol. The van der Waals surface area contributed by atoms with E-state index in [9.17, 15) is 14.9 Å². The zero-order chi connectivity index (χ0) is 15.7. The van der Waals surface area contributed by atoms with E-state index >= 15 is 0 Å². The van der Waals surface area contributed by atoms with Crippen molar-refractivity contribution in [1.29, 1.82) is 0 Å². The van der Waals surface area contributed by atoms with Gasteiger partial charge in [-0.3, -0.25) is 14.9 Å². The lowest BCUT2D eigenvalue weighted by atomic mass is 10.0. The first kappa shape index (κ1) is 13.8. The first-order chi connectivity index (χ1) is 10.6. The fraction of sp³-hybridized carbons (Fsp3) is 0.0625. The SMILES string of the molecule is Nc1cc(=O)c2ccc(Cc3ccccc3)c([N+](=O)[O-])c2o1. The zero-order valence-corrected chi connectivity index (χ0v) is 11.5. The van der Waals surface area contributed by atoms with Crippen LogP contribution in [0.25, 0.3) is 11.0 Å². The highest BCUT2D eigenvalue weighted by Crippen LogP contribution is 2.30. The van der Waals surface area contributed by atoms with Crippen LogP contribution < -0.4 is 11.2 Å². The highest BCUT2D eigenvalue weighted by Gasteiger charge is 2.22. The van der Waals surface area contributed by atoms with E-state index in [0.717, 1.165) is 11.6 Å². The summed E-state index contributed by atoms with van der Waals surface area (Å²) < 4.78 is 5.25. The Morgan fingerprint density at radius 2 is 1.86 bits per heavy atom. The number of benzene rings is 2. The van der Waals surface area contributed by atoms with Crippen LogP contribution >= 0.6 is 0 Å². The first-order valence-electron chi connectivity index (χ1n) is 6.60. The number of fused-ring (bicyclic) bond motifs is 1. The van der Waals surface area contributed by atoms with Crippen molar-refractivity contribution in [3.63, 3.8) is 0 Å². The van der Waals surface area contributed by atoms with Gasteiger partial charge in [0.2, 0.25) is 5.58 Å². The number of nitrogens with zero attached hydrogens (tertiary/aromatic N) is 1. The van der Waals surface area contributed by atoms with Crippen LogP contribution in [0.2, 0.25) is 0 Å². The fourth-order valence-electron chi connectivity index (χ4n) is 2.42. The Labute approximate surface area is 124 Å². The summed E-state index contributed by atoms with van der Waals surface area (Å²) in [5.41, 5.74) is 6.21. The molecule has 3 aromatic rings. The van der Waals surface area contributed by atoms with Gasteiger partial charge in [0.05, 0.1) is 10.3 Å². The lowest BCUT2D eigenvalue weighted by molar-refractivity contribution is -0.384. The molecule has 1 aromatic heterocycles. The molecule has 0 aliphatic heterocycles. The number of hydrogen-bond donors (Lipinski definition) is 1. The number of nitro groups is 1. The molecule has 0 radical (unpaired) electrons. The van der Waals surface area contributed by atoms with Gasteiger partial charge in [0.15, 0.2) is 11.3 Å². The van der Waals surface area contributed by atoms with Crippen LogP contribution in [0.3, 0.4) is 0 Å². The predicted molar refractivity (Wildman–Crippen MR) is 82.8 cm³/mol. The molecule has 6 heteroatoms. The second-order valence-corrected chi connectivity index (χ2v) is 4.88. The van der Waals surface area contributed by atoms with Crippen molar-refractivity contribution < 1.29 is 9.34 Å². The Morgan fingerprint density at radius 1 is 1.14 bits per heavy atom. The maximum Gasteiger partial charge on any atom is 0.315 e. The van der Waals surface area contributed by atoms with Gasteiger partial charge in [-0.15, -0.1) is 0 Å². The van der Waals surface area contributed by atoms with Gasteiger partial charge in [-0.1, -0.05) is 36.4 Å². The third-order valence-electron chi connectivity index (χ3n) is 3.39. The van der Waals surface area contributed by atoms with Crippen LogP contribution in [0.15, 0.2) is 57.7 Å². The normalized spacial score (nSPS) is 10.7. The molecule has 1 heterocycles. The minimum absolute atomic E-state index is 0.0802. The minimum atomic E-state index is -0.539. The molecule has 6 nitrogen and oxygen atoms in total. The van der Waals surface area contributed by atoms with E-state index in [1.807, 2.05) is 30.3 Å². The molecular weight excluding hydrogens is 284 g/mol. The molecule has 0 spiro atoms. The largest absolute Gasteiger partial charge is 0.433 e. The molecule has 2 N–H and O–H groups in total. The Balaban J connectivity index is 2.25. The van der Waals surface area contributed by atoms with Crippen molar-refractivity contribution in [3.8, 4) is 0 Å². The molecule has 0 saturated carbocycles. The second kappa shape index (κ2) is 5.33. The molecule has 0 aliphatic rings. The number of nitrogens with two attached hydrogens (primary N) is 1. The molecule has 0 bridgehead atoms. The molecule has 0 aliphatic carbocycles. The molecule has 3 rings (SSSR count). The van der Waals surface area contributed by atoms with Crippen molar-refractivity contribution >= 4 is 22.5 Å². The monoisotopic (exact) mass is 296 g/mol. The number of nitro benzene ring substituents is 1.